The summed E-state index contributed by atoms with van der Waals surface area (Å²) < 4.78 is 0.821. The number of halogens is 1. The minimum Gasteiger partial charge on any atom is -0.395 e. The van der Waals surface area contributed by atoms with Crippen LogP contribution in [0.4, 0.5) is 5.82 Å². The second-order valence-electron chi connectivity index (χ2n) is 4.32. The first-order valence-corrected chi connectivity index (χ1v) is 6.95. The second kappa shape index (κ2) is 5.78. The molecule has 5 heteroatoms. The fraction of sp³-hybridized carbons (Fsp3) is 0.667. The quantitative estimate of drug-likeness (QED) is 0.847. The van der Waals surface area contributed by atoms with Crippen molar-refractivity contribution in [3.05, 3.63) is 16.5 Å². The molecule has 4 nitrogen and oxygen atoms in total. The smallest absolute Gasteiger partial charge is 0.133 e. The Kier molecular flexibility index (Phi) is 4.34. The van der Waals surface area contributed by atoms with Gasteiger partial charge in [0, 0.05) is 25.1 Å². The average molecular weight is 300 g/mol. The van der Waals surface area contributed by atoms with E-state index in [9.17, 15) is 0 Å². The normalized spacial score (nSPS) is 15.7. The van der Waals surface area contributed by atoms with Crippen LogP contribution in [-0.4, -0.2) is 34.3 Å². The van der Waals surface area contributed by atoms with Crippen LogP contribution >= 0.6 is 15.9 Å². The van der Waals surface area contributed by atoms with Gasteiger partial charge in [-0.25, -0.2) is 9.97 Å². The standard InChI is InChI=1S/C12H18BrN3O/c1-2-11-14-10(13)8-12(15-11)16(6-7-17)9-4-3-5-9/h8-9,17H,2-7H2,1H3. The second-order valence-corrected chi connectivity index (χ2v) is 5.13. The predicted octanol–water partition coefficient (Wildman–Crippen LogP) is 2.15. The maximum atomic E-state index is 9.17. The van der Waals surface area contributed by atoms with Crippen LogP contribution in [0.3, 0.4) is 0 Å². The monoisotopic (exact) mass is 299 g/mol. The van der Waals surface area contributed by atoms with Crippen molar-refractivity contribution in [1.82, 2.24) is 9.97 Å². The van der Waals surface area contributed by atoms with Gasteiger partial charge in [-0.15, -0.1) is 0 Å². The molecule has 1 N–H and O–H groups in total. The van der Waals surface area contributed by atoms with Gasteiger partial charge in [-0.2, -0.15) is 0 Å². The molecule has 1 aromatic heterocycles. The fourth-order valence-electron chi connectivity index (χ4n) is 2.05. The highest BCUT2D eigenvalue weighted by atomic mass is 79.9. The molecule has 0 bridgehead atoms. The van der Waals surface area contributed by atoms with Crippen molar-refractivity contribution in [3.8, 4) is 0 Å². The molecule has 0 atom stereocenters. The molecule has 1 saturated carbocycles. The molecule has 1 aliphatic carbocycles. The zero-order chi connectivity index (χ0) is 12.3. The van der Waals surface area contributed by atoms with Gasteiger partial charge < -0.3 is 10.0 Å². The van der Waals surface area contributed by atoms with E-state index >= 15 is 0 Å². The van der Waals surface area contributed by atoms with E-state index in [1.807, 2.05) is 13.0 Å². The molecular formula is C12H18BrN3O. The molecule has 1 aromatic rings. The summed E-state index contributed by atoms with van der Waals surface area (Å²) >= 11 is 3.42. The predicted molar refractivity (Wildman–Crippen MR) is 71.2 cm³/mol. The molecule has 17 heavy (non-hydrogen) atoms. The number of aliphatic hydroxyl groups excluding tert-OH is 1. The van der Waals surface area contributed by atoms with Crippen LogP contribution in [0.15, 0.2) is 10.7 Å². The van der Waals surface area contributed by atoms with E-state index < -0.39 is 0 Å². The van der Waals surface area contributed by atoms with E-state index in [0.29, 0.717) is 12.6 Å². The Morgan fingerprint density at radius 2 is 2.24 bits per heavy atom. The lowest BCUT2D eigenvalue weighted by atomic mass is 9.91. The Bertz CT molecular complexity index is 382. The summed E-state index contributed by atoms with van der Waals surface area (Å²) in [6.07, 6.45) is 4.50. The lowest BCUT2D eigenvalue weighted by Crippen LogP contribution is -2.42. The first kappa shape index (κ1) is 12.8. The summed E-state index contributed by atoms with van der Waals surface area (Å²) in [5, 5.41) is 9.17. The summed E-state index contributed by atoms with van der Waals surface area (Å²) in [7, 11) is 0. The summed E-state index contributed by atoms with van der Waals surface area (Å²) in [5.41, 5.74) is 0. The minimum absolute atomic E-state index is 0.166. The average Bonchev–Trinajstić information content (AvgIpc) is 2.25. The maximum Gasteiger partial charge on any atom is 0.133 e. The Balaban J connectivity index is 2.24. The highest BCUT2D eigenvalue weighted by Crippen LogP contribution is 2.29. The van der Waals surface area contributed by atoms with Crippen LogP contribution in [0, 0.1) is 0 Å². The molecule has 2 rings (SSSR count). The molecule has 0 saturated heterocycles. The van der Waals surface area contributed by atoms with Crippen LogP contribution in [-0.2, 0) is 6.42 Å². The van der Waals surface area contributed by atoms with Gasteiger partial charge in [-0.05, 0) is 35.2 Å². The van der Waals surface area contributed by atoms with Crippen molar-refractivity contribution >= 4 is 21.7 Å². The summed E-state index contributed by atoms with van der Waals surface area (Å²) in [6, 6.07) is 2.47. The van der Waals surface area contributed by atoms with Gasteiger partial charge in [0.1, 0.15) is 16.2 Å². The number of aromatic nitrogens is 2. The zero-order valence-electron chi connectivity index (χ0n) is 10.1. The van der Waals surface area contributed by atoms with E-state index in [0.717, 1.165) is 22.7 Å². The molecule has 1 heterocycles. The highest BCUT2D eigenvalue weighted by Gasteiger charge is 2.26. The van der Waals surface area contributed by atoms with Gasteiger partial charge in [0.25, 0.3) is 0 Å². The summed E-state index contributed by atoms with van der Waals surface area (Å²) in [6.45, 7) is 2.86. The summed E-state index contributed by atoms with van der Waals surface area (Å²) in [5.74, 6) is 1.78. The van der Waals surface area contributed by atoms with Gasteiger partial charge in [0.2, 0.25) is 0 Å². The largest absolute Gasteiger partial charge is 0.395 e. The molecule has 0 unspecified atom stereocenters. The fourth-order valence-corrected chi connectivity index (χ4v) is 2.46. The number of hydrogen-bond donors (Lipinski definition) is 1. The van der Waals surface area contributed by atoms with E-state index in [4.69, 9.17) is 5.11 Å². The first-order valence-electron chi connectivity index (χ1n) is 6.15. The molecule has 0 radical (unpaired) electrons. The van der Waals surface area contributed by atoms with Crippen molar-refractivity contribution in [2.75, 3.05) is 18.1 Å². The van der Waals surface area contributed by atoms with Gasteiger partial charge in [0.05, 0.1) is 6.61 Å². The molecule has 0 spiro atoms. The number of nitrogens with zero attached hydrogens (tertiary/aromatic N) is 3. The maximum absolute atomic E-state index is 9.17. The number of anilines is 1. The van der Waals surface area contributed by atoms with Crippen molar-refractivity contribution in [2.45, 2.75) is 38.6 Å². The Morgan fingerprint density at radius 1 is 1.47 bits per heavy atom. The molecule has 0 aromatic carbocycles. The lowest BCUT2D eigenvalue weighted by molar-refractivity contribution is 0.283. The number of rotatable bonds is 5. The van der Waals surface area contributed by atoms with Crippen LogP contribution < -0.4 is 4.90 Å². The van der Waals surface area contributed by atoms with E-state index in [1.165, 1.54) is 19.3 Å². The van der Waals surface area contributed by atoms with Gasteiger partial charge >= 0.3 is 0 Å². The minimum atomic E-state index is 0.166. The Morgan fingerprint density at radius 3 is 2.76 bits per heavy atom. The van der Waals surface area contributed by atoms with E-state index in [-0.39, 0.29) is 6.61 Å². The third kappa shape index (κ3) is 2.96. The van der Waals surface area contributed by atoms with Crippen molar-refractivity contribution in [2.24, 2.45) is 0 Å². The SMILES string of the molecule is CCc1nc(Br)cc(N(CCO)C2CCC2)n1. The lowest BCUT2D eigenvalue weighted by Gasteiger charge is -2.38. The molecule has 0 amide bonds. The highest BCUT2D eigenvalue weighted by molar-refractivity contribution is 9.10. The van der Waals surface area contributed by atoms with Crippen LogP contribution in [0.25, 0.3) is 0 Å². The zero-order valence-corrected chi connectivity index (χ0v) is 11.7. The number of aryl methyl sites for hydroxylation is 1. The van der Waals surface area contributed by atoms with Gasteiger partial charge in [-0.1, -0.05) is 6.92 Å². The van der Waals surface area contributed by atoms with E-state index in [1.54, 1.807) is 0 Å². The van der Waals surface area contributed by atoms with Crippen LogP contribution in [0.1, 0.15) is 32.0 Å². The number of hydrogen-bond acceptors (Lipinski definition) is 4. The van der Waals surface area contributed by atoms with Gasteiger partial charge in [0.15, 0.2) is 0 Å². The van der Waals surface area contributed by atoms with Gasteiger partial charge in [-0.3, -0.25) is 0 Å². The molecular weight excluding hydrogens is 282 g/mol. The topological polar surface area (TPSA) is 49.2 Å². The van der Waals surface area contributed by atoms with Crippen molar-refractivity contribution in [1.29, 1.82) is 0 Å². The van der Waals surface area contributed by atoms with Crippen LogP contribution in [0.2, 0.25) is 0 Å². The van der Waals surface area contributed by atoms with E-state index in [2.05, 4.69) is 30.8 Å². The number of aliphatic hydroxyl groups is 1. The summed E-state index contributed by atoms with van der Waals surface area (Å²) in [4.78, 5) is 11.1. The third-order valence-corrected chi connectivity index (χ3v) is 3.60. The Labute approximate surface area is 110 Å². The third-order valence-electron chi connectivity index (χ3n) is 3.19. The first-order chi connectivity index (χ1) is 8.24. The van der Waals surface area contributed by atoms with Crippen LogP contribution in [0.5, 0.6) is 0 Å². The Hall–Kier alpha value is -0.680. The molecule has 1 aliphatic rings. The molecule has 94 valence electrons. The molecule has 1 fully saturated rings. The molecule has 0 aliphatic heterocycles. The van der Waals surface area contributed by atoms with Crippen molar-refractivity contribution < 1.29 is 5.11 Å². The van der Waals surface area contributed by atoms with Crippen molar-refractivity contribution in [3.63, 3.8) is 0 Å².